The van der Waals surface area contributed by atoms with E-state index in [1.165, 1.54) is 0 Å². The first kappa shape index (κ1) is 3.53. The van der Waals surface area contributed by atoms with Crippen LogP contribution in [0.4, 0.5) is 0 Å². The molecule has 0 radical (unpaired) electrons. The van der Waals surface area contributed by atoms with Crippen molar-refractivity contribution in [1.82, 2.24) is 0 Å². The zero-order valence-electron chi connectivity index (χ0n) is 3.68. The SMILES string of the molecule is CC1=NCN=C1. The molecule has 0 bridgehead atoms. The van der Waals surface area contributed by atoms with E-state index in [2.05, 4.69) is 9.98 Å². The van der Waals surface area contributed by atoms with Crippen LogP contribution in [0, 0.1) is 0 Å². The topological polar surface area (TPSA) is 24.7 Å². The van der Waals surface area contributed by atoms with E-state index in [0.717, 1.165) is 5.71 Å². The van der Waals surface area contributed by atoms with Gasteiger partial charge in [0.05, 0.1) is 5.71 Å². The van der Waals surface area contributed by atoms with E-state index >= 15 is 0 Å². The van der Waals surface area contributed by atoms with Gasteiger partial charge in [-0.2, -0.15) is 0 Å². The van der Waals surface area contributed by atoms with Crippen molar-refractivity contribution >= 4 is 11.9 Å². The van der Waals surface area contributed by atoms with Crippen LogP contribution in [0.5, 0.6) is 0 Å². The molecular formula is C4H6N2. The van der Waals surface area contributed by atoms with Crippen molar-refractivity contribution in [3.05, 3.63) is 0 Å². The second-order valence-corrected chi connectivity index (χ2v) is 1.25. The molecule has 0 fully saturated rings. The van der Waals surface area contributed by atoms with Gasteiger partial charge in [0.25, 0.3) is 0 Å². The molecule has 1 aliphatic heterocycles. The van der Waals surface area contributed by atoms with Gasteiger partial charge in [-0.15, -0.1) is 0 Å². The van der Waals surface area contributed by atoms with Crippen molar-refractivity contribution in [2.24, 2.45) is 9.98 Å². The normalized spacial score (nSPS) is 18.5. The maximum Gasteiger partial charge on any atom is 0.129 e. The molecule has 0 saturated heterocycles. The molecule has 1 rings (SSSR count). The number of hydrogen-bond donors (Lipinski definition) is 0. The number of aliphatic imine (C=N–C) groups is 2. The third-order valence-electron chi connectivity index (χ3n) is 0.680. The number of hydrogen-bond acceptors (Lipinski definition) is 2. The Balaban J connectivity index is 2.68. The van der Waals surface area contributed by atoms with Crippen LogP contribution in [0.25, 0.3) is 0 Å². The molecule has 32 valence electrons. The van der Waals surface area contributed by atoms with Crippen LogP contribution < -0.4 is 0 Å². The monoisotopic (exact) mass is 82.1 g/mol. The highest BCUT2D eigenvalue weighted by atomic mass is 15.0. The largest absolute Gasteiger partial charge is 0.268 e. The van der Waals surface area contributed by atoms with Gasteiger partial charge in [-0.25, -0.2) is 0 Å². The predicted octanol–water partition coefficient (Wildman–Crippen LogP) is 0.489. The average Bonchev–Trinajstić information content (AvgIpc) is 1.86. The maximum atomic E-state index is 3.93. The lowest BCUT2D eigenvalue weighted by atomic mass is 10.5. The van der Waals surface area contributed by atoms with E-state index in [0.29, 0.717) is 6.67 Å². The summed E-state index contributed by atoms with van der Waals surface area (Å²) in [6.07, 6.45) is 1.78. The highest BCUT2D eigenvalue weighted by molar-refractivity contribution is 6.30. The molecule has 0 N–H and O–H groups in total. The van der Waals surface area contributed by atoms with E-state index < -0.39 is 0 Å². The molecule has 1 aliphatic rings. The van der Waals surface area contributed by atoms with Gasteiger partial charge in [0, 0.05) is 6.21 Å². The lowest BCUT2D eigenvalue weighted by molar-refractivity contribution is 1.10. The molecule has 0 amide bonds. The Morgan fingerprint density at radius 1 is 1.83 bits per heavy atom. The molecule has 1 heterocycles. The summed E-state index contributed by atoms with van der Waals surface area (Å²) < 4.78 is 0. The van der Waals surface area contributed by atoms with E-state index in [9.17, 15) is 0 Å². The van der Waals surface area contributed by atoms with E-state index in [1.54, 1.807) is 6.21 Å². The van der Waals surface area contributed by atoms with Gasteiger partial charge in [-0.3, -0.25) is 9.98 Å². The molecule has 0 aromatic carbocycles. The summed E-state index contributed by atoms with van der Waals surface area (Å²) in [6.45, 7) is 2.59. The van der Waals surface area contributed by atoms with Crippen LogP contribution in [0.15, 0.2) is 9.98 Å². The maximum absolute atomic E-state index is 3.93. The van der Waals surface area contributed by atoms with Crippen LogP contribution in [0.1, 0.15) is 6.92 Å². The molecule has 0 atom stereocenters. The highest BCUT2D eigenvalue weighted by Crippen LogP contribution is 1.83. The molecule has 0 spiro atoms. The fourth-order valence-corrected chi connectivity index (χ4v) is 0.366. The Morgan fingerprint density at radius 3 is 2.83 bits per heavy atom. The standard InChI is InChI=1S/C4H6N2/c1-4-2-5-3-6-4/h2H,3H2,1H3. The first-order valence-electron chi connectivity index (χ1n) is 1.90. The number of rotatable bonds is 0. The van der Waals surface area contributed by atoms with Gasteiger partial charge in [-0.05, 0) is 6.92 Å². The van der Waals surface area contributed by atoms with E-state index in [1.807, 2.05) is 6.92 Å². The van der Waals surface area contributed by atoms with Crippen molar-refractivity contribution in [3.8, 4) is 0 Å². The van der Waals surface area contributed by atoms with Gasteiger partial charge in [0.15, 0.2) is 0 Å². The molecule has 2 nitrogen and oxygen atoms in total. The molecule has 0 aromatic heterocycles. The van der Waals surface area contributed by atoms with Crippen LogP contribution >= 0.6 is 0 Å². The fraction of sp³-hybridized carbons (Fsp3) is 0.500. The Morgan fingerprint density at radius 2 is 2.67 bits per heavy atom. The molecular weight excluding hydrogens is 76.1 g/mol. The molecule has 0 aliphatic carbocycles. The van der Waals surface area contributed by atoms with Crippen LogP contribution in [-0.2, 0) is 0 Å². The Bertz CT molecular complexity index is 99.4. The summed E-state index contributed by atoms with van der Waals surface area (Å²) in [6, 6.07) is 0. The zero-order chi connectivity index (χ0) is 4.41. The zero-order valence-corrected chi connectivity index (χ0v) is 3.68. The van der Waals surface area contributed by atoms with Gasteiger partial charge in [-0.1, -0.05) is 0 Å². The summed E-state index contributed by atoms with van der Waals surface area (Å²) in [5.41, 5.74) is 1.04. The molecule has 0 saturated carbocycles. The van der Waals surface area contributed by atoms with Gasteiger partial charge in [0.2, 0.25) is 0 Å². The Kier molecular flexibility index (Phi) is 0.708. The van der Waals surface area contributed by atoms with Crippen molar-refractivity contribution in [2.75, 3.05) is 6.67 Å². The van der Waals surface area contributed by atoms with E-state index in [-0.39, 0.29) is 0 Å². The third-order valence-corrected chi connectivity index (χ3v) is 0.680. The van der Waals surface area contributed by atoms with Crippen LogP contribution in [0.3, 0.4) is 0 Å². The minimum Gasteiger partial charge on any atom is -0.268 e. The smallest absolute Gasteiger partial charge is 0.129 e. The summed E-state index contributed by atoms with van der Waals surface area (Å²) in [5, 5.41) is 0. The molecule has 6 heavy (non-hydrogen) atoms. The average molecular weight is 82.1 g/mol. The minimum absolute atomic E-state index is 0.645. The number of nitrogens with zero attached hydrogens (tertiary/aromatic N) is 2. The minimum atomic E-state index is 0.645. The van der Waals surface area contributed by atoms with Gasteiger partial charge >= 0.3 is 0 Å². The van der Waals surface area contributed by atoms with Gasteiger partial charge in [0.1, 0.15) is 6.67 Å². The highest BCUT2D eigenvalue weighted by Gasteiger charge is 1.86. The first-order valence-corrected chi connectivity index (χ1v) is 1.90. The summed E-state index contributed by atoms with van der Waals surface area (Å²) >= 11 is 0. The lowest BCUT2D eigenvalue weighted by Crippen LogP contribution is -1.82. The molecule has 2 heteroatoms. The van der Waals surface area contributed by atoms with Gasteiger partial charge < -0.3 is 0 Å². The Hall–Kier alpha value is -0.660. The molecule has 0 aromatic rings. The van der Waals surface area contributed by atoms with Crippen molar-refractivity contribution in [2.45, 2.75) is 6.92 Å². The lowest BCUT2D eigenvalue weighted by Gasteiger charge is -1.69. The summed E-state index contributed by atoms with van der Waals surface area (Å²) in [7, 11) is 0. The summed E-state index contributed by atoms with van der Waals surface area (Å²) in [4.78, 5) is 7.77. The van der Waals surface area contributed by atoms with Crippen LogP contribution in [0.2, 0.25) is 0 Å². The second kappa shape index (κ2) is 1.20. The second-order valence-electron chi connectivity index (χ2n) is 1.25. The quantitative estimate of drug-likeness (QED) is 0.406. The third kappa shape index (κ3) is 0.455. The van der Waals surface area contributed by atoms with E-state index in [4.69, 9.17) is 0 Å². The summed E-state index contributed by atoms with van der Waals surface area (Å²) in [5.74, 6) is 0. The fourth-order valence-electron chi connectivity index (χ4n) is 0.366. The van der Waals surface area contributed by atoms with Crippen molar-refractivity contribution < 1.29 is 0 Å². The Labute approximate surface area is 36.6 Å². The van der Waals surface area contributed by atoms with Crippen molar-refractivity contribution in [1.29, 1.82) is 0 Å². The van der Waals surface area contributed by atoms with Crippen LogP contribution in [-0.4, -0.2) is 18.6 Å². The molecule has 0 unspecified atom stereocenters. The first-order chi connectivity index (χ1) is 2.89. The van der Waals surface area contributed by atoms with Crippen molar-refractivity contribution in [3.63, 3.8) is 0 Å². The predicted molar refractivity (Wildman–Crippen MR) is 26.5 cm³/mol.